The Bertz CT molecular complexity index is 402. The summed E-state index contributed by atoms with van der Waals surface area (Å²) in [7, 11) is 0. The Morgan fingerprint density at radius 1 is 1.39 bits per heavy atom. The molecule has 1 N–H and O–H groups in total. The molecule has 1 aromatic rings. The van der Waals surface area contributed by atoms with E-state index < -0.39 is 5.82 Å². The molecule has 0 aliphatic carbocycles. The lowest BCUT2D eigenvalue weighted by atomic mass is 10.2. The third-order valence-electron chi connectivity index (χ3n) is 2.15. The average molecular weight is 294 g/mol. The van der Waals surface area contributed by atoms with Crippen molar-refractivity contribution in [3.63, 3.8) is 0 Å². The number of hydrogen-bond acceptors (Lipinski definition) is 2. The van der Waals surface area contributed by atoms with Gasteiger partial charge < -0.3 is 10.1 Å². The molecule has 0 saturated heterocycles. The first-order valence-corrected chi connectivity index (χ1v) is 6.43. The average Bonchev–Trinajstić information content (AvgIpc) is 2.36. The highest BCUT2D eigenvalue weighted by molar-refractivity contribution is 6.31. The summed E-state index contributed by atoms with van der Waals surface area (Å²) in [6.07, 6.45) is 0.692. The molecule has 0 fully saturated rings. The van der Waals surface area contributed by atoms with Gasteiger partial charge in [-0.2, -0.15) is 0 Å². The van der Waals surface area contributed by atoms with Crippen LogP contribution in [0.4, 0.5) is 4.39 Å². The van der Waals surface area contributed by atoms with Crippen LogP contribution in [0, 0.1) is 5.82 Å². The van der Waals surface area contributed by atoms with Crippen molar-refractivity contribution in [2.24, 2.45) is 0 Å². The Morgan fingerprint density at radius 2 is 2.17 bits per heavy atom. The van der Waals surface area contributed by atoms with Crippen molar-refractivity contribution in [1.29, 1.82) is 0 Å². The van der Waals surface area contributed by atoms with Crippen LogP contribution in [0.15, 0.2) is 18.2 Å². The smallest absolute Gasteiger partial charge is 0.251 e. The van der Waals surface area contributed by atoms with Crippen LogP contribution in [-0.4, -0.2) is 31.5 Å². The molecule has 0 heterocycles. The molecule has 1 rings (SSSR count). The Kier molecular flexibility index (Phi) is 7.01. The molecule has 0 aliphatic rings. The zero-order valence-corrected chi connectivity index (χ0v) is 11.2. The van der Waals surface area contributed by atoms with Gasteiger partial charge in [-0.05, 0) is 24.6 Å². The number of hydrogen-bond donors (Lipinski definition) is 1. The van der Waals surface area contributed by atoms with Crippen molar-refractivity contribution in [3.05, 3.63) is 34.6 Å². The topological polar surface area (TPSA) is 38.3 Å². The number of rotatable bonds is 7. The van der Waals surface area contributed by atoms with Crippen LogP contribution in [0.5, 0.6) is 0 Å². The Hall–Kier alpha value is -0.840. The van der Waals surface area contributed by atoms with Crippen molar-refractivity contribution < 1.29 is 13.9 Å². The fourth-order valence-corrected chi connectivity index (χ4v) is 1.56. The maximum atomic E-state index is 12.9. The molecule has 0 bridgehead atoms. The fourth-order valence-electron chi connectivity index (χ4n) is 1.27. The Morgan fingerprint density at radius 3 is 2.83 bits per heavy atom. The quantitative estimate of drug-likeness (QED) is 0.620. The van der Waals surface area contributed by atoms with E-state index in [-0.39, 0.29) is 10.9 Å². The van der Waals surface area contributed by atoms with Gasteiger partial charge in [0.25, 0.3) is 5.91 Å². The normalized spacial score (nSPS) is 10.4. The monoisotopic (exact) mass is 293 g/mol. The number of alkyl halides is 1. The van der Waals surface area contributed by atoms with Crippen molar-refractivity contribution in [2.45, 2.75) is 6.42 Å². The molecule has 0 aliphatic heterocycles. The molecule has 100 valence electrons. The van der Waals surface area contributed by atoms with Gasteiger partial charge in [0, 0.05) is 24.6 Å². The lowest BCUT2D eigenvalue weighted by Crippen LogP contribution is -2.25. The van der Waals surface area contributed by atoms with Crippen LogP contribution in [0.2, 0.25) is 5.02 Å². The number of ether oxygens (including phenoxy) is 1. The van der Waals surface area contributed by atoms with Gasteiger partial charge in [0.15, 0.2) is 0 Å². The minimum Gasteiger partial charge on any atom is -0.380 e. The minimum absolute atomic E-state index is 0.0619. The number of carbonyl (C=O) groups excluding carboxylic acids is 1. The summed E-state index contributed by atoms with van der Waals surface area (Å²) in [6.45, 7) is 1.52. The predicted octanol–water partition coefficient (Wildman–Crippen LogP) is 2.85. The molecule has 0 saturated carbocycles. The van der Waals surface area contributed by atoms with Crippen LogP contribution in [-0.2, 0) is 4.74 Å². The molecule has 0 spiro atoms. The van der Waals surface area contributed by atoms with Crippen LogP contribution in [0.25, 0.3) is 0 Å². The van der Waals surface area contributed by atoms with Gasteiger partial charge in [-0.3, -0.25) is 4.79 Å². The summed E-state index contributed by atoms with van der Waals surface area (Å²) >= 11 is 11.0. The molecular formula is C12H14Cl2FNO2. The highest BCUT2D eigenvalue weighted by Gasteiger charge is 2.07. The van der Waals surface area contributed by atoms with Crippen molar-refractivity contribution in [2.75, 3.05) is 25.6 Å². The zero-order chi connectivity index (χ0) is 13.4. The zero-order valence-electron chi connectivity index (χ0n) is 9.72. The van der Waals surface area contributed by atoms with Gasteiger partial charge in [-0.25, -0.2) is 4.39 Å². The van der Waals surface area contributed by atoms with E-state index in [2.05, 4.69) is 5.32 Å². The van der Waals surface area contributed by atoms with Gasteiger partial charge in [0.05, 0.1) is 11.6 Å². The number of carbonyl (C=O) groups is 1. The third-order valence-corrected chi connectivity index (χ3v) is 2.60. The van der Waals surface area contributed by atoms with Crippen LogP contribution < -0.4 is 5.32 Å². The van der Waals surface area contributed by atoms with Gasteiger partial charge in [0.1, 0.15) is 5.82 Å². The van der Waals surface area contributed by atoms with Crippen molar-refractivity contribution in [1.82, 2.24) is 5.32 Å². The van der Waals surface area contributed by atoms with Crippen LogP contribution in [0.3, 0.4) is 0 Å². The second-order valence-corrected chi connectivity index (χ2v) is 4.32. The number of halogens is 3. The molecule has 3 nitrogen and oxygen atoms in total. The van der Waals surface area contributed by atoms with E-state index in [0.717, 1.165) is 0 Å². The van der Waals surface area contributed by atoms with Crippen molar-refractivity contribution in [3.8, 4) is 0 Å². The molecular weight excluding hydrogens is 280 g/mol. The first-order chi connectivity index (χ1) is 8.65. The summed E-state index contributed by atoms with van der Waals surface area (Å²) in [5.41, 5.74) is 0.336. The molecule has 0 atom stereocenters. The SMILES string of the molecule is O=C(NCCCOCCCl)c1ccc(F)c(Cl)c1. The molecule has 6 heteroatoms. The summed E-state index contributed by atoms with van der Waals surface area (Å²) < 4.78 is 18.0. The lowest BCUT2D eigenvalue weighted by molar-refractivity contribution is 0.0944. The van der Waals surface area contributed by atoms with Crippen LogP contribution >= 0.6 is 23.2 Å². The predicted molar refractivity (Wildman–Crippen MR) is 69.9 cm³/mol. The fraction of sp³-hybridized carbons (Fsp3) is 0.417. The summed E-state index contributed by atoms with van der Waals surface area (Å²) in [5, 5.41) is 2.63. The summed E-state index contributed by atoms with van der Waals surface area (Å²) in [6, 6.07) is 3.86. The van der Waals surface area contributed by atoms with E-state index in [1.165, 1.54) is 18.2 Å². The number of nitrogens with one attached hydrogen (secondary N) is 1. The molecule has 0 aromatic heterocycles. The highest BCUT2D eigenvalue weighted by atomic mass is 35.5. The largest absolute Gasteiger partial charge is 0.380 e. The molecule has 1 aromatic carbocycles. The first kappa shape index (κ1) is 15.2. The van der Waals surface area contributed by atoms with Gasteiger partial charge in [0.2, 0.25) is 0 Å². The Balaban J connectivity index is 2.30. The summed E-state index contributed by atoms with van der Waals surface area (Å²) in [4.78, 5) is 11.6. The molecule has 0 radical (unpaired) electrons. The first-order valence-electron chi connectivity index (χ1n) is 5.52. The second-order valence-electron chi connectivity index (χ2n) is 3.54. The molecule has 18 heavy (non-hydrogen) atoms. The minimum atomic E-state index is -0.539. The van der Waals surface area contributed by atoms with E-state index in [1.54, 1.807) is 0 Å². The van der Waals surface area contributed by atoms with Gasteiger partial charge in [-0.1, -0.05) is 11.6 Å². The maximum absolute atomic E-state index is 12.9. The van der Waals surface area contributed by atoms with Gasteiger partial charge >= 0.3 is 0 Å². The maximum Gasteiger partial charge on any atom is 0.251 e. The van der Waals surface area contributed by atoms with E-state index in [0.29, 0.717) is 37.6 Å². The third kappa shape index (κ3) is 5.21. The second kappa shape index (κ2) is 8.29. The number of benzene rings is 1. The van der Waals surface area contributed by atoms with E-state index in [9.17, 15) is 9.18 Å². The lowest BCUT2D eigenvalue weighted by Gasteiger charge is -2.06. The molecule has 1 amide bonds. The highest BCUT2D eigenvalue weighted by Crippen LogP contribution is 2.15. The van der Waals surface area contributed by atoms with Crippen molar-refractivity contribution >= 4 is 29.1 Å². The van der Waals surface area contributed by atoms with Crippen LogP contribution in [0.1, 0.15) is 16.8 Å². The molecule has 0 unspecified atom stereocenters. The Labute approximate surface area is 115 Å². The van der Waals surface area contributed by atoms with E-state index in [1.807, 2.05) is 0 Å². The van der Waals surface area contributed by atoms with Gasteiger partial charge in [-0.15, -0.1) is 11.6 Å². The van der Waals surface area contributed by atoms with E-state index >= 15 is 0 Å². The van der Waals surface area contributed by atoms with E-state index in [4.69, 9.17) is 27.9 Å². The summed E-state index contributed by atoms with van der Waals surface area (Å²) in [5.74, 6) is -0.364. The number of amides is 1. The standard InChI is InChI=1S/C12H14Cl2FNO2/c13-4-7-18-6-1-5-16-12(17)9-2-3-11(15)10(14)8-9/h2-3,8H,1,4-7H2,(H,16,17).